The van der Waals surface area contributed by atoms with Crippen LogP contribution in [0.4, 0.5) is 4.39 Å². The molecule has 1 amide bonds. The Labute approximate surface area is 135 Å². The quantitative estimate of drug-likeness (QED) is 0.479. The maximum atomic E-state index is 12.6. The lowest BCUT2D eigenvalue weighted by Gasteiger charge is -2.12. The zero-order chi connectivity index (χ0) is 15.2. The maximum Gasteiger partial charge on any atom is 0.266 e. The summed E-state index contributed by atoms with van der Waals surface area (Å²) in [5.74, 6) is -0.126. The molecule has 0 atom stereocenters. The van der Waals surface area contributed by atoms with Crippen LogP contribution in [0, 0.1) is 0 Å². The first-order valence-electron chi connectivity index (χ1n) is 5.75. The molecule has 0 radical (unpaired) electrons. The molecule has 1 aromatic carbocycles. The molecule has 112 valence electrons. The summed E-state index contributed by atoms with van der Waals surface area (Å²) in [6, 6.07) is 5.98. The predicted molar refractivity (Wildman–Crippen MR) is 82.5 cm³/mol. The van der Waals surface area contributed by atoms with Crippen LogP contribution in [0.5, 0.6) is 5.88 Å². The maximum absolute atomic E-state index is 12.6. The van der Waals surface area contributed by atoms with Crippen molar-refractivity contribution in [2.45, 2.75) is 11.5 Å². The fourth-order valence-corrected chi connectivity index (χ4v) is 2.59. The predicted octanol–water partition coefficient (Wildman–Crippen LogP) is 3.06. The molecule has 0 saturated heterocycles. The van der Waals surface area contributed by atoms with Crippen molar-refractivity contribution in [3.8, 4) is 5.88 Å². The van der Waals surface area contributed by atoms with Crippen LogP contribution in [0.2, 0.25) is 0 Å². The largest absolute Gasteiger partial charge is 0.472 e. The van der Waals surface area contributed by atoms with Crippen molar-refractivity contribution < 1.29 is 13.9 Å². The lowest BCUT2D eigenvalue weighted by molar-refractivity contribution is 0.0979. The van der Waals surface area contributed by atoms with Crippen LogP contribution in [0.1, 0.15) is 15.9 Å². The van der Waals surface area contributed by atoms with Gasteiger partial charge in [-0.1, -0.05) is 17.8 Å². The van der Waals surface area contributed by atoms with Crippen LogP contribution in [-0.4, -0.2) is 21.1 Å². The van der Waals surface area contributed by atoms with Crippen LogP contribution in [0.15, 0.2) is 35.4 Å². The average molecular weight is 348 g/mol. The van der Waals surface area contributed by atoms with E-state index in [1.54, 1.807) is 30.5 Å². The van der Waals surface area contributed by atoms with E-state index in [-0.39, 0.29) is 6.61 Å². The van der Waals surface area contributed by atoms with Gasteiger partial charge in [0, 0.05) is 40.1 Å². The van der Waals surface area contributed by atoms with Crippen LogP contribution in [0.25, 0.3) is 0 Å². The van der Waals surface area contributed by atoms with Gasteiger partial charge in [-0.15, -0.1) is 5.10 Å². The number of benzene rings is 1. The molecular formula is C12H11ClFN3O2S2. The minimum Gasteiger partial charge on any atom is -0.472 e. The van der Waals surface area contributed by atoms with E-state index in [4.69, 9.17) is 16.5 Å². The molecule has 1 aromatic heterocycles. The highest BCUT2D eigenvalue weighted by Crippen LogP contribution is 2.27. The van der Waals surface area contributed by atoms with Crippen molar-refractivity contribution >= 4 is 42.3 Å². The van der Waals surface area contributed by atoms with Gasteiger partial charge in [-0.25, -0.2) is 8.48 Å². The molecule has 0 spiro atoms. The van der Waals surface area contributed by atoms with Crippen molar-refractivity contribution in [1.29, 1.82) is 0 Å². The lowest BCUT2D eigenvalue weighted by Crippen LogP contribution is -2.16. The molecule has 0 saturated carbocycles. The highest BCUT2D eigenvalue weighted by atomic mass is 35.5. The lowest BCUT2D eigenvalue weighted by atomic mass is 10.1. The number of alkyl halides is 1. The minimum atomic E-state index is -0.607. The third-order valence-electron chi connectivity index (χ3n) is 2.59. The number of rotatable bonds is 6. The summed E-state index contributed by atoms with van der Waals surface area (Å²) >= 11 is 10.3. The summed E-state index contributed by atoms with van der Waals surface area (Å²) in [6.07, 6.45) is 1.60. The monoisotopic (exact) mass is 347 g/mol. The third kappa shape index (κ3) is 4.05. The second-order valence-corrected chi connectivity index (χ2v) is 5.37. The molecule has 0 bridgehead atoms. The zero-order valence-corrected chi connectivity index (χ0v) is 13.1. The van der Waals surface area contributed by atoms with Crippen molar-refractivity contribution in [3.63, 3.8) is 0 Å². The van der Waals surface area contributed by atoms with Crippen LogP contribution >= 0.6 is 36.4 Å². The molecule has 2 aromatic rings. The summed E-state index contributed by atoms with van der Waals surface area (Å²) in [6.45, 7) is 0.0631. The molecule has 0 aliphatic heterocycles. The molecule has 1 N–H and O–H groups in total. The summed E-state index contributed by atoms with van der Waals surface area (Å²) in [7, 11) is 0. The van der Waals surface area contributed by atoms with Gasteiger partial charge in [0.25, 0.3) is 5.91 Å². The van der Waals surface area contributed by atoms with Gasteiger partial charge in [0.1, 0.15) is 12.6 Å². The number of carbonyl (C=O) groups excluding carboxylic acids is 1. The second-order valence-electron chi connectivity index (χ2n) is 3.82. The number of hydrogen-bond acceptors (Lipinski definition) is 5. The first-order chi connectivity index (χ1) is 10.2. The number of carbonyl (C=O) groups is 1. The molecule has 5 nitrogen and oxygen atoms in total. The molecular weight excluding hydrogens is 337 g/mol. The third-order valence-corrected chi connectivity index (χ3v) is 3.79. The molecule has 0 fully saturated rings. The van der Waals surface area contributed by atoms with Crippen LogP contribution < -0.4 is 9.57 Å². The van der Waals surface area contributed by atoms with Gasteiger partial charge >= 0.3 is 0 Å². The molecule has 0 aliphatic rings. The van der Waals surface area contributed by atoms with E-state index < -0.39 is 11.9 Å². The minimum absolute atomic E-state index is 0.0631. The van der Waals surface area contributed by atoms with E-state index in [0.717, 1.165) is 11.8 Å². The molecule has 2 rings (SSSR count). The first-order valence-corrected chi connectivity index (χ1v) is 7.51. The summed E-state index contributed by atoms with van der Waals surface area (Å²) in [4.78, 5) is 14.4. The number of thioether (sulfide) groups is 1. The first kappa shape index (κ1) is 16.0. The van der Waals surface area contributed by atoms with Gasteiger partial charge in [-0.2, -0.15) is 0 Å². The number of halogens is 2. The van der Waals surface area contributed by atoms with Gasteiger partial charge in [0.15, 0.2) is 0 Å². The van der Waals surface area contributed by atoms with E-state index in [9.17, 15) is 9.18 Å². The number of thiol groups is 1. The highest BCUT2D eigenvalue weighted by Gasteiger charge is 2.16. The van der Waals surface area contributed by atoms with E-state index in [0.29, 0.717) is 21.9 Å². The average Bonchev–Trinajstić information content (AvgIpc) is 2.91. The van der Waals surface area contributed by atoms with Crippen molar-refractivity contribution in [2.24, 2.45) is 0 Å². The Morgan fingerprint density at radius 2 is 2.33 bits per heavy atom. The Hall–Kier alpha value is -1.38. The van der Waals surface area contributed by atoms with Crippen molar-refractivity contribution in [2.75, 3.05) is 6.01 Å². The van der Waals surface area contributed by atoms with E-state index in [2.05, 4.69) is 17.9 Å². The highest BCUT2D eigenvalue weighted by molar-refractivity contribution is 7.99. The Bertz CT molecular complexity index is 639. The van der Waals surface area contributed by atoms with Gasteiger partial charge in [-0.05, 0) is 24.9 Å². The zero-order valence-electron chi connectivity index (χ0n) is 10.6. The van der Waals surface area contributed by atoms with Gasteiger partial charge in [0.05, 0.1) is 0 Å². The Morgan fingerprint density at radius 1 is 1.52 bits per heavy atom. The number of nitrogens with one attached hydrogen (secondary N) is 1. The topological polar surface area (TPSA) is 56.1 Å². The smallest absolute Gasteiger partial charge is 0.266 e. The number of amides is 1. The fourth-order valence-electron chi connectivity index (χ4n) is 1.69. The molecule has 1 heterocycles. The Morgan fingerprint density at radius 3 is 2.95 bits per heavy atom. The number of nitrogens with zero attached hydrogens (tertiary/aromatic N) is 2. The van der Waals surface area contributed by atoms with Crippen LogP contribution in [0.3, 0.4) is 0 Å². The standard InChI is InChI=1S/C12H11ClFN3O2S2/c13-15-12(18)8-2-1-3-10(21-7-14)9(8)6-19-11-4-5-17(20)16-11/h1-5,20H,6-7H2,(H,15,18). The summed E-state index contributed by atoms with van der Waals surface area (Å²) in [5, 5.41) is 3.95. The summed E-state index contributed by atoms with van der Waals surface area (Å²) in [5.41, 5.74) is 0.876. The Balaban J connectivity index is 2.27. The molecule has 0 aliphatic carbocycles. The van der Waals surface area contributed by atoms with E-state index in [1.807, 2.05) is 4.84 Å². The molecule has 0 unspecified atom stereocenters. The van der Waals surface area contributed by atoms with Gasteiger partial charge in [0.2, 0.25) is 5.88 Å². The second kappa shape index (κ2) is 7.58. The van der Waals surface area contributed by atoms with Crippen LogP contribution in [-0.2, 0) is 6.61 Å². The molecule has 9 heteroatoms. The van der Waals surface area contributed by atoms with Gasteiger partial charge in [-0.3, -0.25) is 9.63 Å². The van der Waals surface area contributed by atoms with E-state index in [1.165, 1.54) is 4.09 Å². The normalized spacial score (nSPS) is 10.4. The summed E-state index contributed by atoms with van der Waals surface area (Å²) < 4.78 is 19.4. The van der Waals surface area contributed by atoms with Crippen molar-refractivity contribution in [3.05, 3.63) is 41.6 Å². The number of ether oxygens (including phenoxy) is 1. The van der Waals surface area contributed by atoms with E-state index >= 15 is 0 Å². The number of aromatic nitrogens is 2. The Kier molecular flexibility index (Phi) is 5.77. The SMILES string of the molecule is O=C(NCl)c1cccc(SCF)c1COc1ccn(S)n1. The molecule has 21 heavy (non-hydrogen) atoms. The number of hydrogen-bond donors (Lipinski definition) is 2. The fraction of sp³-hybridized carbons (Fsp3) is 0.167. The van der Waals surface area contributed by atoms with Crippen molar-refractivity contribution in [1.82, 2.24) is 14.0 Å². The van der Waals surface area contributed by atoms with Gasteiger partial charge < -0.3 is 4.74 Å².